The normalized spacial score (nSPS) is 11.5. The molecule has 2 rings (SSSR count). The Hall–Kier alpha value is -2.23. The minimum absolute atomic E-state index is 0. The Kier molecular flexibility index (Phi) is 8.26. The highest BCUT2D eigenvalue weighted by Crippen LogP contribution is 2.27. The van der Waals surface area contributed by atoms with Crippen LogP contribution in [-0.4, -0.2) is 19.3 Å². The summed E-state index contributed by atoms with van der Waals surface area (Å²) in [4.78, 5) is 0. The summed E-state index contributed by atoms with van der Waals surface area (Å²) in [6.07, 6.45) is 3.81. The van der Waals surface area contributed by atoms with Crippen LogP contribution in [0.3, 0.4) is 0 Å². The van der Waals surface area contributed by atoms with Gasteiger partial charge in [-0.3, -0.25) is 0 Å². The van der Waals surface area contributed by atoms with Gasteiger partial charge >= 0.3 is 0 Å². The first-order valence-corrected chi connectivity index (χ1v) is 8.21. The van der Waals surface area contributed by atoms with Gasteiger partial charge in [-0.1, -0.05) is 26.5 Å². The summed E-state index contributed by atoms with van der Waals surface area (Å²) in [7, 11) is 3.02. The van der Waals surface area contributed by atoms with E-state index in [0.717, 1.165) is 36.8 Å². The van der Waals surface area contributed by atoms with Crippen molar-refractivity contribution in [2.45, 2.75) is 40.0 Å². The molecule has 138 valence electrons. The van der Waals surface area contributed by atoms with Crippen LogP contribution in [-0.2, 0) is 12.8 Å². The van der Waals surface area contributed by atoms with Crippen LogP contribution in [0.4, 0.5) is 4.39 Å². The second-order valence-corrected chi connectivity index (χ2v) is 6.16. The van der Waals surface area contributed by atoms with E-state index in [1.807, 2.05) is 18.2 Å². The molecule has 2 aromatic rings. The number of aryl methyl sites for hydroxylation is 2. The summed E-state index contributed by atoms with van der Waals surface area (Å²) in [5.41, 5.74) is 2.14. The molecule has 1 atom stereocenters. The molecule has 1 unspecified atom stereocenters. The topological polar surface area (TPSA) is 38.7 Å². The molecule has 0 radical (unpaired) electrons. The van der Waals surface area contributed by atoms with Crippen LogP contribution in [0.5, 0.6) is 17.2 Å². The fourth-order valence-corrected chi connectivity index (χ4v) is 2.71. The predicted octanol–water partition coefficient (Wildman–Crippen LogP) is 5.39. The molecule has 0 aromatic heterocycles. The molecule has 25 heavy (non-hydrogen) atoms. The third-order valence-electron chi connectivity index (χ3n) is 4.31. The summed E-state index contributed by atoms with van der Waals surface area (Å²) in [5, 5.41) is 9.62. The van der Waals surface area contributed by atoms with E-state index in [-0.39, 0.29) is 24.7 Å². The smallest absolute Gasteiger partial charge is 0.165 e. The minimum Gasteiger partial charge on any atom is -0.504 e. The van der Waals surface area contributed by atoms with Gasteiger partial charge in [0, 0.05) is 0 Å². The van der Waals surface area contributed by atoms with Gasteiger partial charge in [0.1, 0.15) is 0 Å². The molecule has 2 aromatic carbocycles. The number of phenolic OH excluding ortho intramolecular Hbond substituents is 1. The Bertz CT molecular complexity index is 670. The molecular formula is C21H29FO3. The number of methoxy groups -OCH3 is 2. The lowest BCUT2D eigenvalue weighted by Crippen LogP contribution is -2.01. The van der Waals surface area contributed by atoms with Crippen molar-refractivity contribution in [2.75, 3.05) is 14.2 Å². The highest BCUT2D eigenvalue weighted by atomic mass is 19.1. The summed E-state index contributed by atoms with van der Waals surface area (Å²) < 4.78 is 23.8. The van der Waals surface area contributed by atoms with Crippen LogP contribution in [0.2, 0.25) is 0 Å². The second-order valence-electron chi connectivity index (χ2n) is 6.16. The van der Waals surface area contributed by atoms with Crippen molar-refractivity contribution in [3.05, 3.63) is 53.3 Å². The first kappa shape index (κ1) is 20.8. The van der Waals surface area contributed by atoms with Crippen LogP contribution in [0.15, 0.2) is 36.4 Å². The van der Waals surface area contributed by atoms with Crippen LogP contribution < -0.4 is 9.47 Å². The molecule has 3 nitrogen and oxygen atoms in total. The van der Waals surface area contributed by atoms with E-state index in [0.29, 0.717) is 11.7 Å². The molecule has 0 heterocycles. The van der Waals surface area contributed by atoms with Crippen molar-refractivity contribution in [1.29, 1.82) is 0 Å². The Morgan fingerprint density at radius 2 is 1.48 bits per heavy atom. The van der Waals surface area contributed by atoms with Crippen molar-refractivity contribution >= 4 is 0 Å². The molecule has 0 fully saturated rings. The lowest BCUT2D eigenvalue weighted by molar-refractivity contribution is 0.372. The molecular weight excluding hydrogens is 319 g/mol. The predicted molar refractivity (Wildman–Crippen MR) is 100 cm³/mol. The number of benzene rings is 2. The quantitative estimate of drug-likeness (QED) is 0.695. The van der Waals surface area contributed by atoms with Gasteiger partial charge in [-0.15, -0.1) is 0 Å². The molecule has 0 aliphatic carbocycles. The number of ether oxygens (including phenoxy) is 2. The third-order valence-corrected chi connectivity index (χ3v) is 4.31. The summed E-state index contributed by atoms with van der Waals surface area (Å²) in [5.74, 6) is 1.17. The minimum atomic E-state index is -0.307. The van der Waals surface area contributed by atoms with E-state index < -0.39 is 0 Å². The van der Waals surface area contributed by atoms with Crippen molar-refractivity contribution in [3.8, 4) is 17.2 Å². The van der Waals surface area contributed by atoms with Crippen molar-refractivity contribution in [2.24, 2.45) is 5.92 Å². The van der Waals surface area contributed by atoms with Crippen LogP contribution in [0, 0.1) is 11.7 Å². The maximum atomic E-state index is 13.7. The van der Waals surface area contributed by atoms with Gasteiger partial charge in [0.05, 0.1) is 14.2 Å². The van der Waals surface area contributed by atoms with Gasteiger partial charge < -0.3 is 14.6 Å². The van der Waals surface area contributed by atoms with Gasteiger partial charge in [-0.2, -0.15) is 0 Å². The summed E-state index contributed by atoms with van der Waals surface area (Å²) in [6.45, 7) is 2.21. The zero-order chi connectivity index (χ0) is 17.5. The fraction of sp³-hybridized carbons (Fsp3) is 0.429. The lowest BCUT2D eigenvalue weighted by Gasteiger charge is -2.13. The number of aromatic hydroxyl groups is 1. The standard InChI is InChI=1S/C20H25FO3.CH4/c1-14(4-6-15-9-11-19(23-2)17(21)12-15)5-7-16-8-10-18(22)20(13-16)24-3;/h8-14,22H,4-7H2,1-3H3;1H4. The average molecular weight is 348 g/mol. The second kappa shape index (κ2) is 9.92. The van der Waals surface area contributed by atoms with E-state index in [1.54, 1.807) is 25.3 Å². The van der Waals surface area contributed by atoms with Crippen LogP contribution in [0.25, 0.3) is 0 Å². The van der Waals surface area contributed by atoms with E-state index in [2.05, 4.69) is 6.92 Å². The van der Waals surface area contributed by atoms with E-state index in [9.17, 15) is 9.50 Å². The van der Waals surface area contributed by atoms with E-state index in [1.165, 1.54) is 7.11 Å². The van der Waals surface area contributed by atoms with Gasteiger partial charge in [-0.25, -0.2) is 4.39 Å². The molecule has 0 aliphatic rings. The number of rotatable bonds is 8. The maximum absolute atomic E-state index is 13.7. The maximum Gasteiger partial charge on any atom is 0.165 e. The Morgan fingerprint density at radius 3 is 2.04 bits per heavy atom. The van der Waals surface area contributed by atoms with Gasteiger partial charge in [0.15, 0.2) is 23.1 Å². The molecule has 0 aliphatic heterocycles. The number of phenols is 1. The van der Waals surface area contributed by atoms with Crippen molar-refractivity contribution < 1.29 is 19.0 Å². The van der Waals surface area contributed by atoms with Crippen LogP contribution in [0.1, 0.15) is 38.3 Å². The Labute approximate surface area is 150 Å². The molecule has 0 bridgehead atoms. The van der Waals surface area contributed by atoms with Crippen molar-refractivity contribution in [1.82, 2.24) is 0 Å². The highest BCUT2D eigenvalue weighted by molar-refractivity contribution is 5.41. The molecule has 1 N–H and O–H groups in total. The number of hydrogen-bond acceptors (Lipinski definition) is 3. The number of hydrogen-bond donors (Lipinski definition) is 1. The SMILES string of the molecule is C.COc1cc(CCC(C)CCc2ccc(OC)c(F)c2)ccc1O. The first-order chi connectivity index (χ1) is 11.5. The van der Waals surface area contributed by atoms with Gasteiger partial charge in [-0.05, 0) is 67.0 Å². The molecule has 0 spiro atoms. The van der Waals surface area contributed by atoms with E-state index in [4.69, 9.17) is 9.47 Å². The summed E-state index contributed by atoms with van der Waals surface area (Å²) >= 11 is 0. The van der Waals surface area contributed by atoms with Crippen molar-refractivity contribution in [3.63, 3.8) is 0 Å². The summed E-state index contributed by atoms with van der Waals surface area (Å²) in [6, 6.07) is 10.6. The third kappa shape index (κ3) is 5.96. The lowest BCUT2D eigenvalue weighted by atomic mass is 9.94. The van der Waals surface area contributed by atoms with E-state index >= 15 is 0 Å². The molecule has 4 heteroatoms. The van der Waals surface area contributed by atoms with Crippen LogP contribution >= 0.6 is 0 Å². The molecule has 0 amide bonds. The van der Waals surface area contributed by atoms with Gasteiger partial charge in [0.2, 0.25) is 0 Å². The first-order valence-electron chi connectivity index (χ1n) is 8.21. The molecule has 0 saturated heterocycles. The monoisotopic (exact) mass is 348 g/mol. The highest BCUT2D eigenvalue weighted by Gasteiger charge is 2.08. The Balaban J connectivity index is 0.00000312. The largest absolute Gasteiger partial charge is 0.504 e. The average Bonchev–Trinajstić information content (AvgIpc) is 2.59. The number of halogens is 1. The molecule has 0 saturated carbocycles. The fourth-order valence-electron chi connectivity index (χ4n) is 2.71. The zero-order valence-electron chi connectivity index (χ0n) is 14.5. The Morgan fingerprint density at radius 1 is 0.920 bits per heavy atom. The zero-order valence-corrected chi connectivity index (χ0v) is 14.5. The van der Waals surface area contributed by atoms with Gasteiger partial charge in [0.25, 0.3) is 0 Å².